The van der Waals surface area contributed by atoms with E-state index in [1.807, 2.05) is 50.3 Å². The third kappa shape index (κ3) is 5.72. The lowest BCUT2D eigenvalue weighted by atomic mass is 9.92. The van der Waals surface area contributed by atoms with Gasteiger partial charge in [-0.25, -0.2) is 9.37 Å². The molecule has 0 atom stereocenters. The van der Waals surface area contributed by atoms with Crippen LogP contribution in [0.3, 0.4) is 0 Å². The van der Waals surface area contributed by atoms with Crippen LogP contribution in [0.15, 0.2) is 72.5 Å². The summed E-state index contributed by atoms with van der Waals surface area (Å²) in [6.07, 6.45) is 9.37. The second-order valence-electron chi connectivity index (χ2n) is 5.90. The van der Waals surface area contributed by atoms with Crippen LogP contribution >= 0.6 is 0 Å². The molecule has 0 bridgehead atoms. The molecule has 0 saturated heterocycles. The lowest BCUT2D eigenvalue weighted by Crippen LogP contribution is -2.09. The largest absolute Gasteiger partial charge is 0.395 e. The van der Waals surface area contributed by atoms with E-state index in [2.05, 4.69) is 10.3 Å². The number of aromatic nitrogens is 1. The van der Waals surface area contributed by atoms with E-state index >= 15 is 0 Å². The zero-order valence-corrected chi connectivity index (χ0v) is 15.5. The minimum atomic E-state index is -0.332. The highest BCUT2D eigenvalue weighted by atomic mass is 19.1. The molecular formula is C22H24FN3O. The fraction of sp³-hybridized carbons (Fsp3) is 0.182. The van der Waals surface area contributed by atoms with E-state index in [-0.39, 0.29) is 12.4 Å². The minimum Gasteiger partial charge on any atom is -0.395 e. The van der Waals surface area contributed by atoms with Gasteiger partial charge in [0.25, 0.3) is 0 Å². The normalized spacial score (nSPS) is 12.4. The third-order valence-corrected chi connectivity index (χ3v) is 3.89. The molecule has 0 saturated carbocycles. The van der Waals surface area contributed by atoms with Gasteiger partial charge in [-0.05, 0) is 61.4 Å². The van der Waals surface area contributed by atoms with E-state index in [9.17, 15) is 4.39 Å². The highest BCUT2D eigenvalue weighted by molar-refractivity contribution is 6.31. The van der Waals surface area contributed by atoms with Gasteiger partial charge in [0.05, 0.1) is 12.3 Å². The monoisotopic (exact) mass is 365 g/mol. The first-order valence-electron chi connectivity index (χ1n) is 8.73. The molecule has 5 heteroatoms. The van der Waals surface area contributed by atoms with Crippen LogP contribution in [0.5, 0.6) is 0 Å². The van der Waals surface area contributed by atoms with Crippen molar-refractivity contribution in [3.63, 3.8) is 0 Å². The predicted molar refractivity (Wildman–Crippen MR) is 110 cm³/mol. The number of pyridine rings is 1. The van der Waals surface area contributed by atoms with Crippen LogP contribution in [0.4, 0.5) is 10.2 Å². The highest BCUT2D eigenvalue weighted by Gasteiger charge is 2.14. The zero-order chi connectivity index (χ0) is 19.6. The lowest BCUT2D eigenvalue weighted by Gasteiger charge is -2.14. The van der Waals surface area contributed by atoms with Crippen molar-refractivity contribution in [3.8, 4) is 0 Å². The maximum absolute atomic E-state index is 13.3. The number of allylic oxidation sites excluding steroid dienone is 6. The molecule has 0 fully saturated rings. The van der Waals surface area contributed by atoms with E-state index in [1.54, 1.807) is 18.3 Å². The molecule has 0 aliphatic heterocycles. The average molecular weight is 365 g/mol. The molecule has 0 unspecified atom stereocenters. The number of rotatable bonds is 8. The second-order valence-corrected chi connectivity index (χ2v) is 5.90. The molecular weight excluding hydrogens is 341 g/mol. The summed E-state index contributed by atoms with van der Waals surface area (Å²) in [6.45, 7) is 4.28. The Balaban J connectivity index is 2.51. The quantitative estimate of drug-likeness (QED) is 0.473. The van der Waals surface area contributed by atoms with Crippen molar-refractivity contribution in [1.29, 1.82) is 5.41 Å². The van der Waals surface area contributed by atoms with Gasteiger partial charge in [-0.1, -0.05) is 24.3 Å². The van der Waals surface area contributed by atoms with Gasteiger partial charge in [0, 0.05) is 23.9 Å². The molecule has 4 nitrogen and oxygen atoms in total. The van der Waals surface area contributed by atoms with Gasteiger partial charge in [0.15, 0.2) is 0 Å². The van der Waals surface area contributed by atoms with Crippen LogP contribution in [-0.4, -0.2) is 29.0 Å². The maximum Gasteiger partial charge on any atom is 0.126 e. The average Bonchev–Trinajstić information content (AvgIpc) is 2.67. The summed E-state index contributed by atoms with van der Waals surface area (Å²) in [5.41, 5.74) is 3.39. The topological polar surface area (TPSA) is 69.0 Å². The number of hydrogen-bond acceptors (Lipinski definition) is 4. The molecule has 1 aromatic heterocycles. The Morgan fingerprint density at radius 3 is 2.59 bits per heavy atom. The molecule has 0 radical (unpaired) electrons. The van der Waals surface area contributed by atoms with Crippen molar-refractivity contribution in [2.75, 3.05) is 18.5 Å². The van der Waals surface area contributed by atoms with E-state index in [4.69, 9.17) is 10.5 Å². The number of benzene rings is 1. The standard InChI is InChI=1S/C22H24FN3O/c1-3-4-5-6-16(2)21(22(24)17-7-9-19(23)10-8-17)18-11-12-25-20(15-18)26-13-14-27/h3-12,15,24,27H,13-14H2,1-2H3,(H,25,26)/b4-3-,6-5-,21-16+,24-22?. The maximum atomic E-state index is 13.3. The van der Waals surface area contributed by atoms with Gasteiger partial charge in [-0.15, -0.1) is 0 Å². The van der Waals surface area contributed by atoms with Gasteiger partial charge in [0.1, 0.15) is 11.6 Å². The zero-order valence-electron chi connectivity index (χ0n) is 15.5. The molecule has 0 spiro atoms. The summed E-state index contributed by atoms with van der Waals surface area (Å²) in [6, 6.07) is 9.60. The van der Waals surface area contributed by atoms with Crippen molar-refractivity contribution in [1.82, 2.24) is 4.98 Å². The van der Waals surface area contributed by atoms with Gasteiger partial charge in [0.2, 0.25) is 0 Å². The predicted octanol–water partition coefficient (Wildman–Crippen LogP) is 4.60. The van der Waals surface area contributed by atoms with E-state index in [0.29, 0.717) is 23.6 Å². The molecule has 0 amide bonds. The Bertz CT molecular complexity index is 867. The molecule has 2 aromatic rings. The molecule has 1 aromatic carbocycles. The van der Waals surface area contributed by atoms with Crippen LogP contribution in [0, 0.1) is 11.2 Å². The molecule has 1 heterocycles. The Morgan fingerprint density at radius 2 is 1.93 bits per heavy atom. The lowest BCUT2D eigenvalue weighted by molar-refractivity contribution is 0.311. The number of halogens is 1. The van der Waals surface area contributed by atoms with E-state index in [0.717, 1.165) is 16.7 Å². The van der Waals surface area contributed by atoms with Crippen molar-refractivity contribution in [2.24, 2.45) is 0 Å². The third-order valence-electron chi connectivity index (χ3n) is 3.89. The van der Waals surface area contributed by atoms with Crippen molar-refractivity contribution in [2.45, 2.75) is 13.8 Å². The van der Waals surface area contributed by atoms with Crippen LogP contribution < -0.4 is 5.32 Å². The van der Waals surface area contributed by atoms with Crippen LogP contribution in [0.2, 0.25) is 0 Å². The van der Waals surface area contributed by atoms with Crippen molar-refractivity contribution >= 4 is 17.1 Å². The van der Waals surface area contributed by atoms with Crippen LogP contribution in [0.25, 0.3) is 5.57 Å². The fourth-order valence-corrected chi connectivity index (χ4v) is 2.59. The summed E-state index contributed by atoms with van der Waals surface area (Å²) < 4.78 is 13.3. The van der Waals surface area contributed by atoms with Gasteiger partial charge in [-0.3, -0.25) is 5.41 Å². The summed E-state index contributed by atoms with van der Waals surface area (Å²) in [5.74, 6) is 0.289. The Morgan fingerprint density at radius 1 is 1.19 bits per heavy atom. The first-order valence-corrected chi connectivity index (χ1v) is 8.73. The summed E-state index contributed by atoms with van der Waals surface area (Å²) in [7, 11) is 0. The Hall–Kier alpha value is -3.05. The van der Waals surface area contributed by atoms with Crippen molar-refractivity contribution < 1.29 is 9.50 Å². The van der Waals surface area contributed by atoms with E-state index < -0.39 is 0 Å². The minimum absolute atomic E-state index is 0.00508. The highest BCUT2D eigenvalue weighted by Crippen LogP contribution is 2.26. The summed E-state index contributed by atoms with van der Waals surface area (Å²) in [5, 5.41) is 20.7. The number of aliphatic hydroxyl groups excluding tert-OH is 1. The fourth-order valence-electron chi connectivity index (χ4n) is 2.59. The van der Waals surface area contributed by atoms with Gasteiger partial charge in [-0.2, -0.15) is 0 Å². The van der Waals surface area contributed by atoms with E-state index in [1.165, 1.54) is 12.1 Å². The Kier molecular flexibility index (Phi) is 7.64. The SMILES string of the molecule is C\C=C/C=C\C(C)=C(\C(=N)c1ccc(F)cc1)c1ccnc(NCCO)c1. The molecule has 140 valence electrons. The number of anilines is 1. The molecule has 3 N–H and O–H groups in total. The number of nitrogens with zero attached hydrogens (tertiary/aromatic N) is 1. The summed E-state index contributed by atoms with van der Waals surface area (Å²) >= 11 is 0. The van der Waals surface area contributed by atoms with Crippen LogP contribution in [0.1, 0.15) is 25.0 Å². The first-order chi connectivity index (χ1) is 13.1. The second kappa shape index (κ2) is 10.2. The molecule has 0 aliphatic rings. The van der Waals surface area contributed by atoms with Crippen LogP contribution in [-0.2, 0) is 0 Å². The smallest absolute Gasteiger partial charge is 0.126 e. The number of aliphatic hydroxyl groups is 1. The van der Waals surface area contributed by atoms with Gasteiger partial charge < -0.3 is 10.4 Å². The molecule has 0 aliphatic carbocycles. The Labute approximate surface area is 159 Å². The molecule has 2 rings (SSSR count). The van der Waals surface area contributed by atoms with Gasteiger partial charge >= 0.3 is 0 Å². The first kappa shape index (κ1) is 20.3. The van der Waals surface area contributed by atoms with Crippen molar-refractivity contribution in [3.05, 3.63) is 89.4 Å². The molecule has 27 heavy (non-hydrogen) atoms. The summed E-state index contributed by atoms with van der Waals surface area (Å²) in [4.78, 5) is 4.24. The number of hydrogen-bond donors (Lipinski definition) is 3. The number of nitrogens with one attached hydrogen (secondary N) is 2.